The summed E-state index contributed by atoms with van der Waals surface area (Å²) < 4.78 is 13.4. The molecule has 4 nitrogen and oxygen atoms in total. The first-order valence-electron chi connectivity index (χ1n) is 7.65. The summed E-state index contributed by atoms with van der Waals surface area (Å²) in [5, 5.41) is 9.89. The average Bonchev–Trinajstić information content (AvgIpc) is 2.56. The van der Waals surface area contributed by atoms with E-state index in [1.807, 2.05) is 0 Å². The second kappa shape index (κ2) is 7.61. The Hall–Kier alpha value is -2.15. The maximum Gasteiger partial charge on any atom is 0.255 e. The number of allylic oxidation sites excluding steroid dienone is 1. The van der Waals surface area contributed by atoms with Crippen molar-refractivity contribution < 1.29 is 9.18 Å². The van der Waals surface area contributed by atoms with E-state index in [1.165, 1.54) is 18.2 Å². The molecule has 0 saturated carbocycles. The van der Waals surface area contributed by atoms with Gasteiger partial charge in [-0.3, -0.25) is 4.79 Å². The minimum Gasteiger partial charge on any atom is -0.351 e. The van der Waals surface area contributed by atoms with Crippen LogP contribution in [0.5, 0.6) is 0 Å². The first-order chi connectivity index (χ1) is 12.3. The molecule has 0 spiro atoms. The van der Waals surface area contributed by atoms with Crippen LogP contribution < -0.4 is 16.0 Å². The van der Waals surface area contributed by atoms with Gasteiger partial charge in [0.25, 0.3) is 5.91 Å². The Morgan fingerprint density at radius 3 is 2.65 bits per heavy atom. The quantitative estimate of drug-likeness (QED) is 0.650. The highest BCUT2D eigenvalue weighted by molar-refractivity contribution is 7.80. The Morgan fingerprint density at radius 1 is 1.19 bits per heavy atom. The summed E-state index contributed by atoms with van der Waals surface area (Å²) in [6.07, 6.45) is 0. The lowest BCUT2D eigenvalue weighted by atomic mass is 9.95. The van der Waals surface area contributed by atoms with Crippen molar-refractivity contribution in [2.75, 3.05) is 5.32 Å². The number of benzene rings is 2. The maximum absolute atomic E-state index is 13.4. The van der Waals surface area contributed by atoms with Gasteiger partial charge in [-0.1, -0.05) is 35.3 Å². The van der Waals surface area contributed by atoms with Gasteiger partial charge in [-0.2, -0.15) is 0 Å². The molecule has 3 rings (SSSR count). The highest BCUT2D eigenvalue weighted by atomic mass is 35.5. The number of halogens is 3. The lowest BCUT2D eigenvalue weighted by Crippen LogP contribution is -2.45. The van der Waals surface area contributed by atoms with E-state index in [0.29, 0.717) is 32.1 Å². The zero-order valence-electron chi connectivity index (χ0n) is 13.6. The molecule has 1 heterocycles. The van der Waals surface area contributed by atoms with Gasteiger partial charge in [0.2, 0.25) is 0 Å². The summed E-state index contributed by atoms with van der Waals surface area (Å²) in [4.78, 5) is 12.9. The summed E-state index contributed by atoms with van der Waals surface area (Å²) in [7, 11) is 0. The summed E-state index contributed by atoms with van der Waals surface area (Å²) in [6.45, 7) is 1.75. The van der Waals surface area contributed by atoms with Crippen molar-refractivity contribution in [3.05, 3.63) is 75.2 Å². The van der Waals surface area contributed by atoms with Crippen molar-refractivity contribution in [2.24, 2.45) is 0 Å². The average molecular weight is 410 g/mol. The van der Waals surface area contributed by atoms with Crippen LogP contribution in [0.4, 0.5) is 10.1 Å². The standard InChI is InChI=1S/C18H14Cl2FN3OS/c1-9-15(17(25)23-12-4-2-3-11(21)8-12)16(24-18(26)22-9)10-5-6-13(19)14(20)7-10/h2-8,16H,1H3,(H,23,25)(H2,22,24,26)/t16-/m0/s1. The van der Waals surface area contributed by atoms with Gasteiger partial charge in [0.15, 0.2) is 5.11 Å². The molecule has 0 aromatic heterocycles. The number of amides is 1. The Balaban J connectivity index is 1.97. The smallest absolute Gasteiger partial charge is 0.255 e. The molecule has 0 radical (unpaired) electrons. The molecule has 8 heteroatoms. The van der Waals surface area contributed by atoms with Crippen LogP contribution in [0.15, 0.2) is 53.7 Å². The number of carbonyl (C=O) groups excluding carboxylic acids is 1. The van der Waals surface area contributed by atoms with Gasteiger partial charge in [0.05, 0.1) is 21.7 Å². The zero-order valence-corrected chi connectivity index (χ0v) is 15.9. The van der Waals surface area contributed by atoms with Crippen molar-refractivity contribution in [1.82, 2.24) is 10.6 Å². The molecule has 1 aliphatic heterocycles. The fraction of sp³-hybridized carbons (Fsp3) is 0.111. The molecule has 0 unspecified atom stereocenters. The number of nitrogens with one attached hydrogen (secondary N) is 3. The van der Waals surface area contributed by atoms with Crippen molar-refractivity contribution in [3.8, 4) is 0 Å². The highest BCUT2D eigenvalue weighted by Gasteiger charge is 2.30. The summed E-state index contributed by atoms with van der Waals surface area (Å²) in [6, 6.07) is 10.3. The zero-order chi connectivity index (χ0) is 18.8. The number of rotatable bonds is 3. The fourth-order valence-corrected chi connectivity index (χ4v) is 3.28. The minimum atomic E-state index is -0.521. The largest absolute Gasteiger partial charge is 0.351 e. The van der Waals surface area contributed by atoms with Crippen LogP contribution in [-0.4, -0.2) is 11.0 Å². The van der Waals surface area contributed by atoms with Crippen molar-refractivity contribution in [1.29, 1.82) is 0 Å². The molecule has 26 heavy (non-hydrogen) atoms. The van der Waals surface area contributed by atoms with E-state index in [0.717, 1.165) is 5.56 Å². The van der Waals surface area contributed by atoms with Crippen LogP contribution in [0.2, 0.25) is 10.0 Å². The van der Waals surface area contributed by atoms with Gasteiger partial charge in [-0.05, 0) is 55.0 Å². The molecule has 1 atom stereocenters. The second-order valence-electron chi connectivity index (χ2n) is 5.71. The Bertz CT molecular complexity index is 932. The van der Waals surface area contributed by atoms with Crippen LogP contribution in [0.25, 0.3) is 0 Å². The molecular weight excluding hydrogens is 396 g/mol. The number of anilines is 1. The molecule has 0 saturated heterocycles. The third kappa shape index (κ3) is 3.98. The molecule has 134 valence electrons. The van der Waals surface area contributed by atoms with Crippen LogP contribution in [-0.2, 0) is 4.79 Å². The van der Waals surface area contributed by atoms with E-state index in [-0.39, 0.29) is 5.91 Å². The molecule has 1 aliphatic rings. The van der Waals surface area contributed by atoms with Gasteiger partial charge in [-0.15, -0.1) is 0 Å². The van der Waals surface area contributed by atoms with Crippen LogP contribution in [0, 0.1) is 5.82 Å². The van der Waals surface area contributed by atoms with Gasteiger partial charge >= 0.3 is 0 Å². The van der Waals surface area contributed by atoms with Crippen molar-refractivity contribution >= 4 is 52.1 Å². The maximum atomic E-state index is 13.4. The lowest BCUT2D eigenvalue weighted by molar-refractivity contribution is -0.113. The molecular formula is C18H14Cl2FN3OS. The van der Waals surface area contributed by atoms with Gasteiger partial charge in [0.1, 0.15) is 5.82 Å². The summed E-state index contributed by atoms with van der Waals surface area (Å²) >= 11 is 17.3. The molecule has 3 N–H and O–H groups in total. The van der Waals surface area contributed by atoms with Gasteiger partial charge in [-0.25, -0.2) is 4.39 Å². The molecule has 0 aliphatic carbocycles. The lowest BCUT2D eigenvalue weighted by Gasteiger charge is -2.30. The predicted octanol–water partition coefficient (Wildman–Crippen LogP) is 4.56. The fourth-order valence-electron chi connectivity index (χ4n) is 2.70. The van der Waals surface area contributed by atoms with E-state index in [2.05, 4.69) is 16.0 Å². The Morgan fingerprint density at radius 2 is 1.96 bits per heavy atom. The summed E-state index contributed by atoms with van der Waals surface area (Å²) in [5.41, 5.74) is 2.10. The highest BCUT2D eigenvalue weighted by Crippen LogP contribution is 2.32. The molecule has 0 fully saturated rings. The summed E-state index contributed by atoms with van der Waals surface area (Å²) in [5.74, 6) is -0.817. The van der Waals surface area contributed by atoms with E-state index < -0.39 is 11.9 Å². The third-order valence-corrected chi connectivity index (χ3v) is 4.83. The molecule has 1 amide bonds. The SMILES string of the molecule is CC1=C(C(=O)Nc2cccc(F)c2)[C@H](c2ccc(Cl)c(Cl)c2)NC(=S)N1. The van der Waals surface area contributed by atoms with Crippen LogP contribution in [0.3, 0.4) is 0 Å². The first kappa shape index (κ1) is 18.6. The normalized spacial score (nSPS) is 16.8. The number of thiocarbonyl (C=S) groups is 1. The number of hydrogen-bond donors (Lipinski definition) is 3. The van der Waals surface area contributed by atoms with E-state index in [9.17, 15) is 9.18 Å². The predicted molar refractivity (Wildman–Crippen MR) is 106 cm³/mol. The van der Waals surface area contributed by atoms with E-state index >= 15 is 0 Å². The van der Waals surface area contributed by atoms with Crippen LogP contribution in [0.1, 0.15) is 18.5 Å². The van der Waals surface area contributed by atoms with Gasteiger partial charge < -0.3 is 16.0 Å². The Kier molecular flexibility index (Phi) is 5.46. The molecule has 2 aromatic carbocycles. The monoisotopic (exact) mass is 409 g/mol. The third-order valence-electron chi connectivity index (χ3n) is 3.87. The topological polar surface area (TPSA) is 53.2 Å². The Labute approximate surface area is 165 Å². The molecule has 0 bridgehead atoms. The molecule has 2 aromatic rings. The number of carbonyl (C=O) groups is 1. The minimum absolute atomic E-state index is 0.358. The first-order valence-corrected chi connectivity index (χ1v) is 8.81. The van der Waals surface area contributed by atoms with Crippen molar-refractivity contribution in [3.63, 3.8) is 0 Å². The van der Waals surface area contributed by atoms with E-state index in [4.69, 9.17) is 35.4 Å². The second-order valence-corrected chi connectivity index (χ2v) is 6.93. The van der Waals surface area contributed by atoms with Gasteiger partial charge in [0, 0.05) is 11.4 Å². The number of hydrogen-bond acceptors (Lipinski definition) is 2. The van der Waals surface area contributed by atoms with Crippen molar-refractivity contribution in [2.45, 2.75) is 13.0 Å². The van der Waals surface area contributed by atoms with E-state index in [1.54, 1.807) is 31.2 Å². The van der Waals surface area contributed by atoms with Crippen LogP contribution >= 0.6 is 35.4 Å².